The first-order valence-electron chi connectivity index (χ1n) is 8.97. The average molecular weight is 389 g/mol. The summed E-state index contributed by atoms with van der Waals surface area (Å²) in [4.78, 5) is 18.6. The summed E-state index contributed by atoms with van der Waals surface area (Å²) in [5, 5.41) is 0.906. The molecule has 3 aromatic rings. The van der Waals surface area contributed by atoms with Crippen LogP contribution >= 0.6 is 0 Å². The molecular weight excluding hydrogens is 371 g/mol. The molecule has 6 nitrogen and oxygen atoms in total. The van der Waals surface area contributed by atoms with Crippen LogP contribution in [-0.2, 0) is 6.18 Å². The second kappa shape index (κ2) is 7.57. The number of piperidine rings is 1. The predicted molar refractivity (Wildman–Crippen MR) is 97.0 cm³/mol. The molecule has 0 bridgehead atoms. The molecule has 1 unspecified atom stereocenters. The van der Waals surface area contributed by atoms with Crippen LogP contribution in [0.5, 0.6) is 5.88 Å². The van der Waals surface area contributed by atoms with Crippen LogP contribution < -0.4 is 9.64 Å². The fourth-order valence-electron chi connectivity index (χ4n) is 3.46. The third-order valence-corrected chi connectivity index (χ3v) is 4.77. The first kappa shape index (κ1) is 18.4. The van der Waals surface area contributed by atoms with Crippen molar-refractivity contribution >= 4 is 16.7 Å². The third kappa shape index (κ3) is 3.83. The molecule has 0 saturated carbocycles. The second-order valence-corrected chi connectivity index (χ2v) is 6.71. The van der Waals surface area contributed by atoms with E-state index in [0.29, 0.717) is 6.54 Å². The van der Waals surface area contributed by atoms with E-state index in [0.717, 1.165) is 42.2 Å². The van der Waals surface area contributed by atoms with Crippen molar-refractivity contribution in [3.8, 4) is 5.88 Å². The van der Waals surface area contributed by atoms with Gasteiger partial charge < -0.3 is 9.64 Å². The molecule has 9 heteroatoms. The van der Waals surface area contributed by atoms with Crippen molar-refractivity contribution < 1.29 is 17.9 Å². The topological polar surface area (TPSA) is 64.0 Å². The van der Waals surface area contributed by atoms with E-state index < -0.39 is 11.7 Å². The molecule has 4 rings (SSSR count). The first-order valence-corrected chi connectivity index (χ1v) is 8.97. The molecule has 3 aromatic heterocycles. The van der Waals surface area contributed by atoms with E-state index >= 15 is 0 Å². The minimum absolute atomic E-state index is 0.0729. The van der Waals surface area contributed by atoms with Gasteiger partial charge in [0.25, 0.3) is 0 Å². The molecule has 28 heavy (non-hydrogen) atoms. The van der Waals surface area contributed by atoms with E-state index in [9.17, 15) is 13.2 Å². The number of rotatable bonds is 4. The van der Waals surface area contributed by atoms with Gasteiger partial charge in [0.15, 0.2) is 0 Å². The molecule has 1 fully saturated rings. The van der Waals surface area contributed by atoms with Crippen LogP contribution in [0, 0.1) is 5.92 Å². The number of halogens is 3. The summed E-state index contributed by atoms with van der Waals surface area (Å²) in [7, 11) is 0. The molecule has 0 amide bonds. The highest BCUT2D eigenvalue weighted by Crippen LogP contribution is 2.35. The van der Waals surface area contributed by atoms with Crippen LogP contribution in [0.1, 0.15) is 18.4 Å². The Morgan fingerprint density at radius 2 is 2.04 bits per heavy atom. The van der Waals surface area contributed by atoms with Crippen LogP contribution in [0.25, 0.3) is 10.9 Å². The van der Waals surface area contributed by atoms with Gasteiger partial charge in [-0.15, -0.1) is 0 Å². The largest absolute Gasteiger partial charge is 0.477 e. The van der Waals surface area contributed by atoms with Crippen molar-refractivity contribution in [2.45, 2.75) is 19.0 Å². The number of fused-ring (bicyclic) bond motifs is 1. The van der Waals surface area contributed by atoms with Crippen molar-refractivity contribution in [3.63, 3.8) is 0 Å². The van der Waals surface area contributed by atoms with Gasteiger partial charge in [0.1, 0.15) is 17.7 Å². The highest BCUT2D eigenvalue weighted by atomic mass is 19.4. The Labute approximate surface area is 159 Å². The maximum absolute atomic E-state index is 13.1. The van der Waals surface area contributed by atoms with Crippen molar-refractivity contribution in [3.05, 3.63) is 48.7 Å². The summed E-state index contributed by atoms with van der Waals surface area (Å²) >= 11 is 0. The van der Waals surface area contributed by atoms with Crippen molar-refractivity contribution in [1.29, 1.82) is 0 Å². The van der Waals surface area contributed by atoms with Gasteiger partial charge in [-0.25, -0.2) is 15.0 Å². The number of ether oxygens (including phenoxy) is 1. The van der Waals surface area contributed by atoms with Crippen LogP contribution in [0.15, 0.2) is 43.1 Å². The van der Waals surface area contributed by atoms with Gasteiger partial charge in [0, 0.05) is 36.8 Å². The number of pyridine rings is 2. The maximum Gasteiger partial charge on any atom is 0.421 e. The van der Waals surface area contributed by atoms with E-state index in [1.54, 1.807) is 12.4 Å². The summed E-state index contributed by atoms with van der Waals surface area (Å²) in [5.74, 6) is 0.514. The van der Waals surface area contributed by atoms with Gasteiger partial charge in [0.05, 0.1) is 18.3 Å². The molecule has 4 heterocycles. The normalized spacial score (nSPS) is 17.7. The summed E-state index contributed by atoms with van der Waals surface area (Å²) < 4.78 is 44.8. The number of hydrogen-bond donors (Lipinski definition) is 0. The number of alkyl halides is 3. The van der Waals surface area contributed by atoms with Crippen LogP contribution in [0.3, 0.4) is 0 Å². The van der Waals surface area contributed by atoms with E-state index in [1.165, 1.54) is 18.6 Å². The van der Waals surface area contributed by atoms with Crippen molar-refractivity contribution in [2.24, 2.45) is 5.92 Å². The van der Waals surface area contributed by atoms with Crippen molar-refractivity contribution in [2.75, 3.05) is 24.6 Å². The Kier molecular flexibility index (Phi) is 4.97. The monoisotopic (exact) mass is 389 g/mol. The Morgan fingerprint density at radius 1 is 1.14 bits per heavy atom. The molecule has 0 radical (unpaired) electrons. The molecule has 146 valence electrons. The maximum atomic E-state index is 13.1. The van der Waals surface area contributed by atoms with E-state index in [2.05, 4.69) is 24.8 Å². The summed E-state index contributed by atoms with van der Waals surface area (Å²) in [6, 6.07) is 4.11. The fourth-order valence-corrected chi connectivity index (χ4v) is 3.46. The lowest BCUT2D eigenvalue weighted by Gasteiger charge is -2.33. The molecular formula is C19H18F3N5O. The summed E-state index contributed by atoms with van der Waals surface area (Å²) in [6.45, 7) is 1.63. The molecule has 1 aliphatic heterocycles. The van der Waals surface area contributed by atoms with Crippen LogP contribution in [-0.4, -0.2) is 39.6 Å². The number of aromatic nitrogens is 4. The zero-order valence-electron chi connectivity index (χ0n) is 14.9. The number of nitrogens with zero attached hydrogens (tertiary/aromatic N) is 5. The van der Waals surface area contributed by atoms with Crippen LogP contribution in [0.2, 0.25) is 0 Å². The van der Waals surface area contributed by atoms with E-state index in [4.69, 9.17) is 4.74 Å². The Bertz CT molecular complexity index is 960. The van der Waals surface area contributed by atoms with Gasteiger partial charge in [-0.2, -0.15) is 13.2 Å². The third-order valence-electron chi connectivity index (χ3n) is 4.77. The Hall–Kier alpha value is -2.97. The zero-order chi connectivity index (χ0) is 19.6. The molecule has 0 aromatic carbocycles. The fraction of sp³-hybridized carbons (Fsp3) is 0.368. The second-order valence-electron chi connectivity index (χ2n) is 6.71. The highest BCUT2D eigenvalue weighted by molar-refractivity contribution is 5.88. The number of hydrogen-bond acceptors (Lipinski definition) is 6. The Morgan fingerprint density at radius 3 is 2.89 bits per heavy atom. The minimum atomic E-state index is -4.49. The number of anilines is 1. The predicted octanol–water partition coefficient (Wildman–Crippen LogP) is 3.73. The SMILES string of the molecule is FC(F)(F)c1cccnc1OCC1CCCN(c2ncnc3cnccc23)C1. The highest BCUT2D eigenvalue weighted by Gasteiger charge is 2.35. The average Bonchev–Trinajstić information content (AvgIpc) is 2.71. The molecule has 0 N–H and O–H groups in total. The lowest BCUT2D eigenvalue weighted by molar-refractivity contribution is -0.139. The summed E-state index contributed by atoms with van der Waals surface area (Å²) in [6.07, 6.45) is 3.47. The minimum Gasteiger partial charge on any atom is -0.477 e. The van der Waals surface area contributed by atoms with E-state index in [1.807, 2.05) is 6.07 Å². The molecule has 0 aliphatic carbocycles. The lowest BCUT2D eigenvalue weighted by atomic mass is 9.98. The van der Waals surface area contributed by atoms with Gasteiger partial charge in [-0.1, -0.05) is 0 Å². The summed E-state index contributed by atoms with van der Waals surface area (Å²) in [5.41, 5.74) is -0.0915. The van der Waals surface area contributed by atoms with Gasteiger partial charge in [-0.3, -0.25) is 4.98 Å². The van der Waals surface area contributed by atoms with Crippen LogP contribution in [0.4, 0.5) is 19.0 Å². The quantitative estimate of drug-likeness (QED) is 0.678. The first-order chi connectivity index (χ1) is 13.5. The molecule has 0 spiro atoms. The smallest absolute Gasteiger partial charge is 0.421 e. The van der Waals surface area contributed by atoms with Gasteiger partial charge >= 0.3 is 6.18 Å². The Balaban J connectivity index is 1.48. The van der Waals surface area contributed by atoms with Gasteiger partial charge in [0.2, 0.25) is 5.88 Å². The van der Waals surface area contributed by atoms with Gasteiger partial charge in [-0.05, 0) is 31.0 Å². The van der Waals surface area contributed by atoms with E-state index in [-0.39, 0.29) is 18.4 Å². The zero-order valence-corrected chi connectivity index (χ0v) is 14.9. The molecule has 1 atom stereocenters. The lowest BCUT2D eigenvalue weighted by Crippen LogP contribution is -2.38. The molecule has 1 saturated heterocycles. The van der Waals surface area contributed by atoms with Crippen molar-refractivity contribution in [1.82, 2.24) is 19.9 Å². The molecule has 1 aliphatic rings. The standard InChI is InChI=1S/C19H18F3N5O/c20-19(21,22)15-4-1-6-24-18(15)28-11-13-3-2-8-27(10-13)17-14-5-7-23-9-16(14)25-12-26-17/h1,4-7,9,12-13H,2-3,8,10-11H2.